The Labute approximate surface area is 151 Å². The molecular weight excluding hydrogens is 340 g/mol. The molecule has 2 aromatic carbocycles. The van der Waals surface area contributed by atoms with E-state index in [0.29, 0.717) is 11.1 Å². The van der Waals surface area contributed by atoms with E-state index in [1.165, 1.54) is 38.5 Å². The van der Waals surface area contributed by atoms with Crippen molar-refractivity contribution in [3.05, 3.63) is 46.5 Å². The lowest BCUT2D eigenvalue weighted by Crippen LogP contribution is -2.07. The summed E-state index contributed by atoms with van der Waals surface area (Å²) in [6.07, 6.45) is 0.549. The maximum atomic E-state index is 13.0. The summed E-state index contributed by atoms with van der Waals surface area (Å²) in [6.45, 7) is -0.265. The Morgan fingerprint density at radius 1 is 0.808 bits per heavy atom. The fraction of sp³-hybridized carbons (Fsp3) is 0.316. The number of phenols is 2. The summed E-state index contributed by atoms with van der Waals surface area (Å²) in [4.78, 5) is 13.0. The molecule has 0 amide bonds. The van der Waals surface area contributed by atoms with Crippen LogP contribution in [0.25, 0.3) is 0 Å². The molecule has 0 fully saturated rings. The van der Waals surface area contributed by atoms with Gasteiger partial charge >= 0.3 is 0 Å². The highest BCUT2D eigenvalue weighted by Gasteiger charge is 2.23. The predicted octanol–water partition coefficient (Wildman–Crippen LogP) is 1.42. The number of hydrogen-bond donors (Lipinski definition) is 4. The first kappa shape index (κ1) is 19.6. The molecule has 0 aliphatic heterocycles. The van der Waals surface area contributed by atoms with Crippen molar-refractivity contribution in [2.24, 2.45) is 0 Å². The molecule has 7 heteroatoms. The number of ether oxygens (including phenoxy) is 2. The van der Waals surface area contributed by atoms with Crippen LogP contribution in [0.4, 0.5) is 0 Å². The first-order valence-electron chi connectivity index (χ1n) is 8.03. The normalized spacial score (nSPS) is 10.6. The maximum Gasteiger partial charge on any atom is 0.200 e. The number of aromatic hydroxyl groups is 2. The third kappa shape index (κ3) is 3.89. The van der Waals surface area contributed by atoms with Gasteiger partial charge in [-0.1, -0.05) is 0 Å². The lowest BCUT2D eigenvalue weighted by Gasteiger charge is -2.14. The van der Waals surface area contributed by atoms with Crippen molar-refractivity contribution in [2.45, 2.75) is 12.8 Å². The number of hydrogen-bond acceptors (Lipinski definition) is 7. The molecule has 0 unspecified atom stereocenters. The molecule has 0 aliphatic rings. The summed E-state index contributed by atoms with van der Waals surface area (Å²) in [7, 11) is 2.71. The van der Waals surface area contributed by atoms with Crippen LogP contribution in [0.15, 0.2) is 24.3 Å². The summed E-state index contributed by atoms with van der Waals surface area (Å²) in [6, 6.07) is 5.96. The molecule has 0 bridgehead atoms. The number of aliphatic hydroxyl groups is 2. The molecule has 0 aliphatic carbocycles. The van der Waals surface area contributed by atoms with E-state index in [4.69, 9.17) is 19.7 Å². The van der Waals surface area contributed by atoms with Crippen LogP contribution in [0.3, 0.4) is 0 Å². The second kappa shape index (κ2) is 8.55. The van der Waals surface area contributed by atoms with Gasteiger partial charge in [0.15, 0.2) is 23.0 Å². The van der Waals surface area contributed by atoms with Gasteiger partial charge in [0.1, 0.15) is 0 Å². The zero-order valence-corrected chi connectivity index (χ0v) is 14.7. The third-order valence-electron chi connectivity index (χ3n) is 4.00. The van der Waals surface area contributed by atoms with E-state index in [1.807, 2.05) is 0 Å². The Morgan fingerprint density at radius 3 is 1.50 bits per heavy atom. The average molecular weight is 362 g/mol. The van der Waals surface area contributed by atoms with Gasteiger partial charge < -0.3 is 29.9 Å². The fourth-order valence-electron chi connectivity index (χ4n) is 2.68. The van der Waals surface area contributed by atoms with E-state index in [0.717, 1.165) is 0 Å². The maximum absolute atomic E-state index is 13.0. The lowest BCUT2D eigenvalue weighted by atomic mass is 9.96. The van der Waals surface area contributed by atoms with Gasteiger partial charge in [0.25, 0.3) is 0 Å². The standard InChI is InChI=1S/C19H22O7/c1-25-15-9-11(3-5-20)7-13(18(15)23)17(22)14-8-12(4-6-21)10-16(26-2)19(14)24/h7-10,20-21,23-24H,3-6H2,1-2H3. The molecule has 0 atom stereocenters. The van der Waals surface area contributed by atoms with Crippen molar-refractivity contribution in [1.29, 1.82) is 0 Å². The van der Waals surface area contributed by atoms with E-state index >= 15 is 0 Å². The van der Waals surface area contributed by atoms with Crippen LogP contribution in [0.2, 0.25) is 0 Å². The van der Waals surface area contributed by atoms with Gasteiger partial charge in [0, 0.05) is 13.2 Å². The molecule has 0 heterocycles. The summed E-state index contributed by atoms with van der Waals surface area (Å²) in [5.41, 5.74) is 1.07. The molecule has 0 aromatic heterocycles. The van der Waals surface area contributed by atoms with E-state index in [2.05, 4.69) is 0 Å². The van der Waals surface area contributed by atoms with E-state index in [1.54, 1.807) is 0 Å². The van der Waals surface area contributed by atoms with Gasteiger partial charge in [0.05, 0.1) is 25.3 Å². The number of ketones is 1. The predicted molar refractivity (Wildman–Crippen MR) is 94.3 cm³/mol. The number of aliphatic hydroxyl groups excluding tert-OH is 2. The number of methoxy groups -OCH3 is 2. The van der Waals surface area contributed by atoms with Gasteiger partial charge in [-0.15, -0.1) is 0 Å². The topological polar surface area (TPSA) is 116 Å². The van der Waals surface area contributed by atoms with E-state index in [-0.39, 0.29) is 60.2 Å². The van der Waals surface area contributed by atoms with Crippen LogP contribution < -0.4 is 9.47 Å². The summed E-state index contributed by atoms with van der Waals surface area (Å²) < 4.78 is 10.2. The monoisotopic (exact) mass is 362 g/mol. The third-order valence-corrected chi connectivity index (χ3v) is 4.00. The molecule has 4 N–H and O–H groups in total. The molecule has 7 nitrogen and oxygen atoms in total. The number of carbonyl (C=O) groups is 1. The summed E-state index contributed by atoms with van der Waals surface area (Å²) in [5, 5.41) is 39.0. The highest BCUT2D eigenvalue weighted by Crippen LogP contribution is 2.37. The molecule has 26 heavy (non-hydrogen) atoms. The molecule has 0 spiro atoms. The smallest absolute Gasteiger partial charge is 0.200 e. The molecule has 0 radical (unpaired) electrons. The SMILES string of the molecule is COc1cc(CCO)cc(C(=O)c2cc(CCO)cc(OC)c2O)c1O. The van der Waals surface area contributed by atoms with Crippen molar-refractivity contribution < 1.29 is 34.7 Å². The highest BCUT2D eigenvalue weighted by atomic mass is 16.5. The highest BCUT2D eigenvalue weighted by molar-refractivity contribution is 6.13. The van der Waals surface area contributed by atoms with Crippen molar-refractivity contribution in [3.63, 3.8) is 0 Å². The molecular formula is C19H22O7. The average Bonchev–Trinajstić information content (AvgIpc) is 2.64. The van der Waals surface area contributed by atoms with Crippen LogP contribution in [0, 0.1) is 0 Å². The van der Waals surface area contributed by atoms with E-state index < -0.39 is 5.78 Å². The molecule has 140 valence electrons. The summed E-state index contributed by atoms with van der Waals surface area (Å²) >= 11 is 0. The number of carbonyl (C=O) groups excluding carboxylic acids is 1. The van der Waals surface area contributed by atoms with Crippen LogP contribution >= 0.6 is 0 Å². The summed E-state index contributed by atoms with van der Waals surface area (Å²) in [5.74, 6) is -1.15. The second-order valence-corrected chi connectivity index (χ2v) is 5.66. The molecule has 0 saturated heterocycles. The van der Waals surface area contributed by atoms with Crippen LogP contribution in [0.5, 0.6) is 23.0 Å². The first-order valence-corrected chi connectivity index (χ1v) is 8.03. The Hall–Kier alpha value is -2.77. The second-order valence-electron chi connectivity index (χ2n) is 5.66. The van der Waals surface area contributed by atoms with Gasteiger partial charge in [-0.05, 0) is 48.2 Å². The molecule has 2 aromatic rings. The van der Waals surface area contributed by atoms with Gasteiger partial charge in [0.2, 0.25) is 5.78 Å². The zero-order valence-electron chi connectivity index (χ0n) is 14.7. The van der Waals surface area contributed by atoms with Crippen molar-refractivity contribution in [3.8, 4) is 23.0 Å². The Kier molecular flexibility index (Phi) is 6.43. The largest absolute Gasteiger partial charge is 0.504 e. The molecule has 2 rings (SSSR count). The van der Waals surface area contributed by atoms with Crippen LogP contribution in [-0.2, 0) is 12.8 Å². The Bertz CT molecular complexity index is 733. The minimum atomic E-state index is -0.629. The van der Waals surface area contributed by atoms with Crippen molar-refractivity contribution in [1.82, 2.24) is 0 Å². The van der Waals surface area contributed by atoms with Gasteiger partial charge in [-0.25, -0.2) is 0 Å². The van der Waals surface area contributed by atoms with E-state index in [9.17, 15) is 15.0 Å². The van der Waals surface area contributed by atoms with Gasteiger partial charge in [-0.2, -0.15) is 0 Å². The first-order chi connectivity index (χ1) is 12.5. The quantitative estimate of drug-likeness (QED) is 0.525. The number of rotatable bonds is 8. The number of phenolic OH excluding ortho intramolecular Hbond substituents is 2. The Balaban J connectivity index is 2.61. The Morgan fingerprint density at radius 2 is 1.19 bits per heavy atom. The van der Waals surface area contributed by atoms with Crippen molar-refractivity contribution >= 4 is 5.78 Å². The fourth-order valence-corrected chi connectivity index (χ4v) is 2.68. The minimum Gasteiger partial charge on any atom is -0.504 e. The number of benzene rings is 2. The van der Waals surface area contributed by atoms with Gasteiger partial charge in [-0.3, -0.25) is 4.79 Å². The van der Waals surface area contributed by atoms with Crippen LogP contribution in [0.1, 0.15) is 27.0 Å². The minimum absolute atomic E-state index is 0.0636. The molecule has 0 saturated carbocycles. The lowest BCUT2D eigenvalue weighted by molar-refractivity contribution is 0.103. The zero-order chi connectivity index (χ0) is 19.3. The van der Waals surface area contributed by atoms with Crippen molar-refractivity contribution in [2.75, 3.05) is 27.4 Å². The van der Waals surface area contributed by atoms with Crippen LogP contribution in [-0.4, -0.2) is 53.6 Å².